The van der Waals surface area contributed by atoms with Crippen molar-refractivity contribution in [2.24, 2.45) is 0 Å². The van der Waals surface area contributed by atoms with Gasteiger partial charge in [0.1, 0.15) is 0 Å². The second-order valence-corrected chi connectivity index (χ2v) is 6.70. The lowest BCUT2D eigenvalue weighted by molar-refractivity contribution is 0.340. The highest BCUT2D eigenvalue weighted by Gasteiger charge is 2.26. The molecular formula is C15H25NO3Si. The third-order valence-corrected chi connectivity index (χ3v) is 5.71. The second kappa shape index (κ2) is 7.55. The maximum atomic E-state index is 5.78. The smallest absolute Gasteiger partial charge is 0.184 e. The van der Waals surface area contributed by atoms with Crippen LogP contribution < -0.4 is 14.4 Å². The predicted octanol–water partition coefficient (Wildman–Crippen LogP) is 2.14. The molecule has 0 saturated carbocycles. The van der Waals surface area contributed by atoms with E-state index in [4.69, 9.17) is 13.9 Å². The molecule has 0 bridgehead atoms. The number of hydrogen-bond acceptors (Lipinski definition) is 4. The molecule has 1 heterocycles. The Hall–Kier alpha value is -1.20. The van der Waals surface area contributed by atoms with Crippen molar-refractivity contribution in [3.05, 3.63) is 18.2 Å². The molecule has 1 fully saturated rings. The van der Waals surface area contributed by atoms with Gasteiger partial charge < -0.3 is 18.8 Å². The number of ether oxygens (including phenoxy) is 2. The van der Waals surface area contributed by atoms with Gasteiger partial charge in [0.05, 0.1) is 19.9 Å². The predicted molar refractivity (Wildman–Crippen MR) is 84.7 cm³/mol. The van der Waals surface area contributed by atoms with Crippen LogP contribution >= 0.6 is 0 Å². The fraction of sp³-hybridized carbons (Fsp3) is 0.600. The van der Waals surface area contributed by atoms with E-state index in [-0.39, 0.29) is 0 Å². The Bertz CT molecular complexity index is 428. The largest absolute Gasteiger partial charge is 0.493 e. The molecule has 1 saturated heterocycles. The molecule has 0 N–H and O–H groups in total. The average molecular weight is 295 g/mol. The molecule has 0 aliphatic carbocycles. The molecule has 1 aromatic carbocycles. The summed E-state index contributed by atoms with van der Waals surface area (Å²) in [5, 5.41) is 0. The van der Waals surface area contributed by atoms with Gasteiger partial charge in [0.15, 0.2) is 21.3 Å². The Morgan fingerprint density at radius 2 is 2.10 bits per heavy atom. The van der Waals surface area contributed by atoms with Gasteiger partial charge in [-0.1, -0.05) is 6.07 Å². The van der Waals surface area contributed by atoms with Crippen LogP contribution in [0.4, 0.5) is 5.69 Å². The number of hydrogen-bond donors (Lipinski definition) is 0. The van der Waals surface area contributed by atoms with Gasteiger partial charge in [-0.25, -0.2) is 0 Å². The van der Waals surface area contributed by atoms with E-state index in [9.17, 15) is 0 Å². The van der Waals surface area contributed by atoms with E-state index in [1.807, 2.05) is 12.1 Å². The number of methoxy groups -OCH3 is 2. The fourth-order valence-electron chi connectivity index (χ4n) is 2.84. The zero-order chi connectivity index (χ0) is 14.4. The molecule has 112 valence electrons. The first-order valence-corrected chi connectivity index (χ1v) is 8.76. The van der Waals surface area contributed by atoms with Crippen LogP contribution in [0.2, 0.25) is 0 Å². The lowest BCUT2D eigenvalue weighted by Gasteiger charge is -2.38. The Morgan fingerprint density at radius 1 is 1.25 bits per heavy atom. The maximum Gasteiger partial charge on any atom is 0.184 e. The maximum absolute atomic E-state index is 5.78. The molecule has 1 atom stereocenters. The van der Waals surface area contributed by atoms with Crippen molar-refractivity contribution in [2.45, 2.75) is 31.9 Å². The van der Waals surface area contributed by atoms with Gasteiger partial charge in [0.25, 0.3) is 0 Å². The van der Waals surface area contributed by atoms with Crippen LogP contribution in [0.5, 0.6) is 11.5 Å². The van der Waals surface area contributed by atoms with E-state index < -0.39 is 9.76 Å². The number of anilines is 1. The van der Waals surface area contributed by atoms with Gasteiger partial charge in [-0.05, 0) is 38.3 Å². The van der Waals surface area contributed by atoms with Crippen LogP contribution in [0, 0.1) is 0 Å². The number of para-hydroxylation sites is 1. The molecule has 1 aliphatic heterocycles. The lowest BCUT2D eigenvalue weighted by Crippen LogP contribution is -2.44. The lowest BCUT2D eigenvalue weighted by atomic mass is 10.1. The SMILES string of the molecule is CCO[SiH2]C1CCCCN1c1cccc(OC)c1OC. The van der Waals surface area contributed by atoms with E-state index in [1.165, 1.54) is 19.3 Å². The van der Waals surface area contributed by atoms with E-state index in [0.29, 0.717) is 5.67 Å². The number of nitrogens with zero attached hydrogens (tertiary/aromatic N) is 1. The molecule has 1 unspecified atom stereocenters. The Labute approximate surface area is 124 Å². The fourth-order valence-corrected chi connectivity index (χ4v) is 4.36. The van der Waals surface area contributed by atoms with Crippen molar-refractivity contribution in [3.63, 3.8) is 0 Å². The van der Waals surface area contributed by atoms with Crippen LogP contribution in [0.25, 0.3) is 0 Å². The standard InChI is InChI=1S/C15H25NO3Si/c1-4-19-20-14-10-5-6-11-16(14)12-8-7-9-13(17-2)15(12)18-3/h7-9,14H,4-6,10-11,20H2,1-3H3. The summed E-state index contributed by atoms with van der Waals surface area (Å²) in [6, 6.07) is 6.10. The summed E-state index contributed by atoms with van der Waals surface area (Å²) in [6.07, 6.45) is 3.76. The van der Waals surface area contributed by atoms with Gasteiger partial charge >= 0.3 is 0 Å². The minimum Gasteiger partial charge on any atom is -0.493 e. The average Bonchev–Trinajstić information content (AvgIpc) is 2.52. The summed E-state index contributed by atoms with van der Waals surface area (Å²) >= 11 is 0. The van der Waals surface area contributed by atoms with Gasteiger partial charge in [0.2, 0.25) is 0 Å². The molecule has 20 heavy (non-hydrogen) atoms. The highest BCUT2D eigenvalue weighted by molar-refractivity contribution is 6.30. The van der Waals surface area contributed by atoms with Crippen molar-refractivity contribution in [2.75, 3.05) is 32.3 Å². The molecule has 1 aliphatic rings. The normalized spacial score (nSPS) is 19.6. The minimum absolute atomic E-state index is 0.538. The summed E-state index contributed by atoms with van der Waals surface area (Å²) in [7, 11) is 2.85. The van der Waals surface area contributed by atoms with Crippen molar-refractivity contribution >= 4 is 15.5 Å². The van der Waals surface area contributed by atoms with Crippen molar-refractivity contribution in [1.82, 2.24) is 0 Å². The molecule has 0 amide bonds. The first kappa shape index (κ1) is 15.2. The van der Waals surface area contributed by atoms with E-state index in [1.54, 1.807) is 14.2 Å². The highest BCUT2D eigenvalue weighted by Crippen LogP contribution is 2.39. The summed E-state index contributed by atoms with van der Waals surface area (Å²) in [4.78, 5) is 2.47. The molecule has 0 radical (unpaired) electrons. The summed E-state index contributed by atoms with van der Waals surface area (Å²) in [5.41, 5.74) is 1.70. The van der Waals surface area contributed by atoms with Crippen LogP contribution in [0.1, 0.15) is 26.2 Å². The molecule has 4 nitrogen and oxygen atoms in total. The molecule has 0 spiro atoms. The molecule has 2 rings (SSSR count). The molecule has 0 aromatic heterocycles. The van der Waals surface area contributed by atoms with E-state index >= 15 is 0 Å². The Kier molecular flexibility index (Phi) is 5.73. The summed E-state index contributed by atoms with van der Waals surface area (Å²) < 4.78 is 16.8. The van der Waals surface area contributed by atoms with Crippen LogP contribution in [-0.4, -0.2) is 42.8 Å². The van der Waals surface area contributed by atoms with Crippen LogP contribution in [-0.2, 0) is 4.43 Å². The van der Waals surface area contributed by atoms with Crippen LogP contribution in [0.15, 0.2) is 18.2 Å². The number of piperidine rings is 1. The quantitative estimate of drug-likeness (QED) is 0.752. The topological polar surface area (TPSA) is 30.9 Å². The monoisotopic (exact) mass is 295 g/mol. The third-order valence-electron chi connectivity index (χ3n) is 3.83. The number of rotatable bonds is 6. The second-order valence-electron chi connectivity index (χ2n) is 5.02. The number of benzene rings is 1. The first-order chi connectivity index (χ1) is 9.81. The minimum atomic E-state index is -0.538. The molecule has 1 aromatic rings. The highest BCUT2D eigenvalue weighted by atomic mass is 28.2. The van der Waals surface area contributed by atoms with Crippen molar-refractivity contribution < 1.29 is 13.9 Å². The first-order valence-electron chi connectivity index (χ1n) is 7.37. The van der Waals surface area contributed by atoms with Gasteiger partial charge in [-0.2, -0.15) is 0 Å². The Morgan fingerprint density at radius 3 is 2.80 bits per heavy atom. The van der Waals surface area contributed by atoms with E-state index in [0.717, 1.165) is 30.3 Å². The summed E-state index contributed by atoms with van der Waals surface area (Å²) in [5.74, 6) is 1.64. The summed E-state index contributed by atoms with van der Waals surface area (Å²) in [6.45, 7) is 3.98. The molecular weight excluding hydrogens is 270 g/mol. The van der Waals surface area contributed by atoms with Gasteiger partial charge in [-0.15, -0.1) is 0 Å². The van der Waals surface area contributed by atoms with Crippen LogP contribution in [0.3, 0.4) is 0 Å². The Balaban J connectivity index is 2.27. The molecule has 5 heteroatoms. The van der Waals surface area contributed by atoms with Gasteiger partial charge in [0, 0.05) is 18.8 Å². The van der Waals surface area contributed by atoms with E-state index in [2.05, 4.69) is 17.9 Å². The van der Waals surface area contributed by atoms with Gasteiger partial charge in [-0.3, -0.25) is 0 Å². The zero-order valence-electron chi connectivity index (χ0n) is 12.7. The third kappa shape index (κ3) is 3.27. The van der Waals surface area contributed by atoms with Crippen molar-refractivity contribution in [1.29, 1.82) is 0 Å². The van der Waals surface area contributed by atoms with Crippen molar-refractivity contribution in [3.8, 4) is 11.5 Å². The zero-order valence-corrected chi connectivity index (χ0v) is 14.1.